The summed E-state index contributed by atoms with van der Waals surface area (Å²) >= 11 is 0. The summed E-state index contributed by atoms with van der Waals surface area (Å²) in [7, 11) is 2.31. The first-order valence-corrected chi connectivity index (χ1v) is 11.7. The van der Waals surface area contributed by atoms with Gasteiger partial charge in [0.2, 0.25) is 0 Å². The molecule has 0 unspecified atom stereocenters. The van der Waals surface area contributed by atoms with Gasteiger partial charge in [-0.25, -0.2) is 0 Å². The van der Waals surface area contributed by atoms with Gasteiger partial charge in [0.1, 0.15) is 7.28 Å². The van der Waals surface area contributed by atoms with Gasteiger partial charge in [-0.1, -0.05) is 101 Å². The maximum atomic E-state index is 4.05. The quantitative estimate of drug-likeness (QED) is 0.163. The second kappa shape index (κ2) is 16.0. The molecule has 151 valence electrons. The molecule has 0 nitrogen and oxygen atoms in total. The summed E-state index contributed by atoms with van der Waals surface area (Å²) in [6.45, 7) is 10.7. The lowest BCUT2D eigenvalue weighted by atomic mass is 9.65. The van der Waals surface area contributed by atoms with Crippen molar-refractivity contribution in [1.29, 1.82) is 0 Å². The monoisotopic (exact) mass is 367 g/mol. The van der Waals surface area contributed by atoms with Gasteiger partial charge in [0.15, 0.2) is 0 Å². The van der Waals surface area contributed by atoms with Gasteiger partial charge < -0.3 is 0 Å². The minimum Gasteiger partial charge on any atom is -0.116 e. The van der Waals surface area contributed by atoms with Gasteiger partial charge in [-0.15, -0.1) is 12.1 Å². The largest absolute Gasteiger partial charge is 0.145 e. The number of unbranched alkanes of at least 4 members (excludes halogenated alkanes) is 4. The fraction of sp³-hybridized carbons (Fsp3) is 0.692. The number of rotatable bonds is 14. The zero-order valence-corrected chi connectivity index (χ0v) is 18.6. The van der Waals surface area contributed by atoms with E-state index >= 15 is 0 Å². The third kappa shape index (κ3) is 12.9. The van der Waals surface area contributed by atoms with Crippen LogP contribution in [0.25, 0.3) is 0 Å². The molecule has 0 aliphatic heterocycles. The van der Waals surface area contributed by atoms with Crippen LogP contribution in [0.15, 0.2) is 47.5 Å². The molecule has 0 saturated heterocycles. The minimum atomic E-state index is 0.945. The highest BCUT2D eigenvalue weighted by atomic mass is 14.2. The predicted octanol–water partition coefficient (Wildman–Crippen LogP) is 8.79. The molecule has 0 aromatic carbocycles. The molecule has 0 N–H and O–H groups in total. The standard InChI is InChI=1S/C26H44B/c1-5-15-25(16-11-8-7-9-14-21-27-24(4)6-2)20-19-23(3)22-26-17-12-10-13-18-26/h5,15,19-20,26H,4,6-14,16-18,21-22H2,1-3H3/b15-5-,23-19+,25-20+. The smallest absolute Gasteiger partial charge is 0.116 e. The molecule has 1 radical (unpaired) electrons. The van der Waals surface area contributed by atoms with Gasteiger partial charge in [-0.05, 0) is 51.0 Å². The summed E-state index contributed by atoms with van der Waals surface area (Å²) in [5.74, 6) is 0.945. The van der Waals surface area contributed by atoms with E-state index in [-0.39, 0.29) is 0 Å². The van der Waals surface area contributed by atoms with Crippen LogP contribution in [0.2, 0.25) is 6.32 Å². The summed E-state index contributed by atoms with van der Waals surface area (Å²) in [5.41, 5.74) is 4.35. The van der Waals surface area contributed by atoms with Gasteiger partial charge in [0.05, 0.1) is 0 Å². The van der Waals surface area contributed by atoms with E-state index in [1.807, 2.05) is 0 Å². The van der Waals surface area contributed by atoms with Crippen LogP contribution in [0, 0.1) is 5.92 Å². The van der Waals surface area contributed by atoms with Crippen molar-refractivity contribution in [3.8, 4) is 0 Å². The van der Waals surface area contributed by atoms with E-state index in [1.54, 1.807) is 5.57 Å². The SMILES string of the molecule is C=C([B]CCCCCCCC(/C=C\C)=C/C=C(\C)CC1CCCCC1)CC. The molecule has 1 fully saturated rings. The average Bonchev–Trinajstić information content (AvgIpc) is 2.68. The summed E-state index contributed by atoms with van der Waals surface area (Å²) in [5, 5.41) is 0. The second-order valence-corrected chi connectivity index (χ2v) is 8.49. The Balaban J connectivity index is 2.22. The summed E-state index contributed by atoms with van der Waals surface area (Å²) in [6, 6.07) is 0. The average molecular weight is 367 g/mol. The van der Waals surface area contributed by atoms with Crippen molar-refractivity contribution < 1.29 is 0 Å². The van der Waals surface area contributed by atoms with Gasteiger partial charge in [-0.2, -0.15) is 0 Å². The van der Waals surface area contributed by atoms with Crippen molar-refractivity contribution in [1.82, 2.24) is 0 Å². The molecular weight excluding hydrogens is 323 g/mol. The van der Waals surface area contributed by atoms with Crippen molar-refractivity contribution in [3.63, 3.8) is 0 Å². The van der Waals surface area contributed by atoms with E-state index in [0.717, 1.165) is 12.3 Å². The van der Waals surface area contributed by atoms with Crippen molar-refractivity contribution in [2.24, 2.45) is 5.92 Å². The Morgan fingerprint density at radius 2 is 1.70 bits per heavy atom. The van der Waals surface area contributed by atoms with E-state index in [0.29, 0.717) is 0 Å². The van der Waals surface area contributed by atoms with Crippen molar-refractivity contribution in [2.75, 3.05) is 0 Å². The third-order valence-electron chi connectivity index (χ3n) is 5.85. The first kappa shape index (κ1) is 24.1. The normalized spacial score (nSPS) is 16.9. The Morgan fingerprint density at radius 3 is 2.41 bits per heavy atom. The highest BCUT2D eigenvalue weighted by Gasteiger charge is 2.13. The highest BCUT2D eigenvalue weighted by Crippen LogP contribution is 2.28. The zero-order valence-electron chi connectivity index (χ0n) is 18.6. The fourth-order valence-electron chi connectivity index (χ4n) is 4.05. The van der Waals surface area contributed by atoms with Crippen LogP contribution in [0.1, 0.15) is 104 Å². The van der Waals surface area contributed by atoms with Crippen molar-refractivity contribution in [2.45, 2.75) is 111 Å². The Labute approximate surface area is 171 Å². The Hall–Kier alpha value is -0.975. The van der Waals surface area contributed by atoms with Gasteiger partial charge in [0.25, 0.3) is 0 Å². The maximum Gasteiger partial charge on any atom is 0.145 e. The molecular formula is C26H44B. The lowest BCUT2D eigenvalue weighted by Gasteiger charge is -2.21. The van der Waals surface area contributed by atoms with Crippen LogP contribution in [0.5, 0.6) is 0 Å². The van der Waals surface area contributed by atoms with E-state index in [9.17, 15) is 0 Å². The maximum absolute atomic E-state index is 4.05. The first-order valence-electron chi connectivity index (χ1n) is 11.7. The molecule has 1 aliphatic carbocycles. The lowest BCUT2D eigenvalue weighted by Crippen LogP contribution is -2.06. The van der Waals surface area contributed by atoms with Crippen LogP contribution in [-0.4, -0.2) is 7.28 Å². The molecule has 1 heteroatoms. The fourth-order valence-corrected chi connectivity index (χ4v) is 4.05. The molecule has 1 saturated carbocycles. The Bertz CT molecular complexity index is 474. The molecule has 0 heterocycles. The van der Waals surface area contributed by atoms with Crippen LogP contribution in [-0.2, 0) is 0 Å². The Kier molecular flexibility index (Phi) is 14.3. The van der Waals surface area contributed by atoms with Crippen molar-refractivity contribution in [3.05, 3.63) is 47.5 Å². The lowest BCUT2D eigenvalue weighted by molar-refractivity contribution is 0.356. The van der Waals surface area contributed by atoms with Crippen LogP contribution >= 0.6 is 0 Å². The van der Waals surface area contributed by atoms with Crippen LogP contribution < -0.4 is 0 Å². The molecule has 0 amide bonds. The van der Waals surface area contributed by atoms with E-state index in [4.69, 9.17) is 0 Å². The van der Waals surface area contributed by atoms with E-state index in [2.05, 4.69) is 58.9 Å². The molecule has 1 rings (SSSR count). The van der Waals surface area contributed by atoms with Crippen molar-refractivity contribution >= 4 is 7.28 Å². The van der Waals surface area contributed by atoms with E-state index < -0.39 is 0 Å². The third-order valence-corrected chi connectivity index (χ3v) is 5.85. The predicted molar refractivity (Wildman–Crippen MR) is 126 cm³/mol. The molecule has 27 heavy (non-hydrogen) atoms. The summed E-state index contributed by atoms with van der Waals surface area (Å²) in [4.78, 5) is 0. The van der Waals surface area contributed by atoms with Crippen LogP contribution in [0.3, 0.4) is 0 Å². The summed E-state index contributed by atoms with van der Waals surface area (Å²) < 4.78 is 0. The molecule has 1 aliphatic rings. The van der Waals surface area contributed by atoms with E-state index in [1.165, 1.54) is 94.4 Å². The van der Waals surface area contributed by atoms with Crippen LogP contribution in [0.4, 0.5) is 0 Å². The topological polar surface area (TPSA) is 0 Å². The minimum absolute atomic E-state index is 0.945. The van der Waals surface area contributed by atoms with Gasteiger partial charge in [0, 0.05) is 0 Å². The zero-order chi connectivity index (χ0) is 19.7. The number of hydrogen-bond donors (Lipinski definition) is 0. The first-order chi connectivity index (χ1) is 13.2. The molecule has 0 bridgehead atoms. The number of hydrogen-bond acceptors (Lipinski definition) is 0. The summed E-state index contributed by atoms with van der Waals surface area (Å²) in [6.07, 6.45) is 28.0. The number of allylic oxidation sites excluding steroid dienone is 7. The highest BCUT2D eigenvalue weighted by molar-refractivity contribution is 6.44. The molecule has 0 aromatic heterocycles. The molecule has 0 atom stereocenters. The van der Waals surface area contributed by atoms with Gasteiger partial charge >= 0.3 is 0 Å². The molecule has 0 aromatic rings. The molecule has 0 spiro atoms. The second-order valence-electron chi connectivity index (χ2n) is 8.49. The Morgan fingerprint density at radius 1 is 1.00 bits per heavy atom. The van der Waals surface area contributed by atoms with Gasteiger partial charge in [-0.3, -0.25) is 0 Å².